The molecule has 1 heterocycles. The van der Waals surface area contributed by atoms with Gasteiger partial charge >= 0.3 is 12.2 Å². The van der Waals surface area contributed by atoms with Crippen LogP contribution < -0.4 is 20.9 Å². The first-order valence-corrected chi connectivity index (χ1v) is 18.7. The fourth-order valence-electron chi connectivity index (χ4n) is 7.01. The van der Waals surface area contributed by atoms with Crippen molar-refractivity contribution in [1.82, 2.24) is 4.90 Å². The van der Waals surface area contributed by atoms with Crippen molar-refractivity contribution in [2.75, 3.05) is 32.8 Å². The molecule has 0 radical (unpaired) electrons. The number of piperidine rings is 1. The molecule has 0 aromatic heterocycles. The van der Waals surface area contributed by atoms with E-state index in [4.69, 9.17) is 30.4 Å². The fraction of sp³-hybridized carbons (Fsp3) is 0.590. The monoisotopic (exact) mass is 689 g/mol. The maximum Gasteiger partial charge on any atom is 0.435 e. The molecule has 0 spiro atoms. The minimum absolute atomic E-state index is 0.0430. The average Bonchev–Trinajstić information content (AvgIpc) is 3.13. The first kappa shape index (κ1) is 37.1. The molecular weight excluding hydrogens is 634 g/mol. The Balaban J connectivity index is 0.898. The van der Waals surface area contributed by atoms with Crippen molar-refractivity contribution in [1.29, 1.82) is 0 Å². The van der Waals surface area contributed by atoms with Crippen molar-refractivity contribution >= 4 is 23.9 Å². The number of hydrogen-bond donors (Lipinski definition) is 2. The normalized spacial score (nSPS) is 18.8. The zero-order chi connectivity index (χ0) is 35.0. The Morgan fingerprint density at radius 2 is 1.06 bits per heavy atom. The molecule has 2 saturated carbocycles. The first-order chi connectivity index (χ1) is 24.4. The quantitative estimate of drug-likeness (QED) is 0.118. The molecule has 2 amide bonds. The maximum absolute atomic E-state index is 12.1. The Morgan fingerprint density at radius 3 is 1.52 bits per heavy atom. The zero-order valence-corrected chi connectivity index (χ0v) is 29.4. The highest BCUT2D eigenvalue weighted by Gasteiger charge is 2.20. The number of likely N-dealkylation sites (tertiary alicyclic amines) is 1. The van der Waals surface area contributed by atoms with Gasteiger partial charge in [-0.1, -0.05) is 12.8 Å². The molecule has 1 saturated heterocycles. The summed E-state index contributed by atoms with van der Waals surface area (Å²) in [4.78, 5) is 34.7. The van der Waals surface area contributed by atoms with Crippen LogP contribution in [0.3, 0.4) is 0 Å². The summed E-state index contributed by atoms with van der Waals surface area (Å²) < 4.78 is 22.8. The number of carbonyl (C=O) groups excluding carboxylic acids is 2. The largest absolute Gasteiger partial charge is 0.494 e. The van der Waals surface area contributed by atoms with Crippen LogP contribution in [0.1, 0.15) is 107 Å². The van der Waals surface area contributed by atoms with E-state index in [9.17, 15) is 9.59 Å². The van der Waals surface area contributed by atoms with Gasteiger partial charge in [-0.25, -0.2) is 9.59 Å². The van der Waals surface area contributed by atoms with Gasteiger partial charge < -0.3 is 35.3 Å². The van der Waals surface area contributed by atoms with Crippen molar-refractivity contribution < 1.29 is 28.5 Å². The van der Waals surface area contributed by atoms with Crippen LogP contribution in [-0.4, -0.2) is 73.8 Å². The van der Waals surface area contributed by atoms with Gasteiger partial charge in [0.2, 0.25) is 0 Å². The predicted octanol–water partition coefficient (Wildman–Crippen LogP) is 7.38. The van der Waals surface area contributed by atoms with Gasteiger partial charge in [0.25, 0.3) is 0 Å². The fourth-order valence-corrected chi connectivity index (χ4v) is 7.01. The van der Waals surface area contributed by atoms with Crippen LogP contribution in [-0.2, 0) is 9.47 Å². The van der Waals surface area contributed by atoms with E-state index < -0.39 is 12.2 Å². The summed E-state index contributed by atoms with van der Waals surface area (Å²) in [5, 5.41) is 0. The van der Waals surface area contributed by atoms with Gasteiger partial charge in [-0.15, -0.1) is 0 Å². The van der Waals surface area contributed by atoms with E-state index in [2.05, 4.69) is 14.9 Å². The van der Waals surface area contributed by atoms with Gasteiger partial charge in [-0.3, -0.25) is 0 Å². The summed E-state index contributed by atoms with van der Waals surface area (Å²) in [6.45, 7) is 4.55. The molecule has 3 fully saturated rings. The molecular formula is C39H55N5O6. The van der Waals surface area contributed by atoms with Crippen molar-refractivity contribution in [3.63, 3.8) is 0 Å². The number of nitrogens with zero attached hydrogens (tertiary/aromatic N) is 3. The highest BCUT2D eigenvalue weighted by Crippen LogP contribution is 2.24. The van der Waals surface area contributed by atoms with Crippen LogP contribution in [0.25, 0.3) is 0 Å². The number of benzene rings is 2. The Hall–Kier alpha value is -4.12. The predicted molar refractivity (Wildman–Crippen MR) is 195 cm³/mol. The highest BCUT2D eigenvalue weighted by atomic mass is 16.6. The SMILES string of the molecule is N/C(=N\C(=O)OC1CCCCC1)c1ccc(OCCCC2CCN(CCCOc3ccc(/C(N)=N/C(=O)OC4CCCCC4)cc3)CC2)cc1. The lowest BCUT2D eigenvalue weighted by molar-refractivity contribution is 0.0825. The smallest absolute Gasteiger partial charge is 0.435 e. The molecule has 11 heteroatoms. The third-order valence-corrected chi connectivity index (χ3v) is 9.98. The number of rotatable bonds is 14. The summed E-state index contributed by atoms with van der Waals surface area (Å²) in [5.74, 6) is 2.59. The number of amidine groups is 2. The van der Waals surface area contributed by atoms with E-state index in [1.807, 2.05) is 48.5 Å². The second-order valence-electron chi connectivity index (χ2n) is 13.8. The van der Waals surface area contributed by atoms with Gasteiger partial charge in [0.05, 0.1) is 13.2 Å². The molecule has 2 aromatic carbocycles. The topological polar surface area (TPSA) is 151 Å². The van der Waals surface area contributed by atoms with Crippen molar-refractivity contribution in [2.24, 2.45) is 27.4 Å². The Bertz CT molecular complexity index is 1290. The van der Waals surface area contributed by atoms with E-state index in [0.717, 1.165) is 108 Å². The number of amides is 2. The average molecular weight is 690 g/mol. The molecule has 11 nitrogen and oxygen atoms in total. The number of aliphatic imine (C=N–C) groups is 2. The minimum Gasteiger partial charge on any atom is -0.494 e. The van der Waals surface area contributed by atoms with Crippen molar-refractivity contribution in [3.05, 3.63) is 59.7 Å². The van der Waals surface area contributed by atoms with Gasteiger partial charge in [-0.2, -0.15) is 9.98 Å². The number of nitrogens with two attached hydrogens (primary N) is 2. The number of ether oxygens (including phenoxy) is 4. The van der Waals surface area contributed by atoms with Gasteiger partial charge in [-0.05, 0) is 151 Å². The molecule has 272 valence electrons. The lowest BCUT2D eigenvalue weighted by Crippen LogP contribution is -2.35. The standard InChI is InChI=1S/C39H55N5O6/c40-36(42-38(45)49-34-10-3-1-4-11-34)30-14-18-32(19-15-30)47-27-7-9-29-22-25-44(26-23-29)24-8-28-48-33-20-16-31(17-21-33)37(41)43-39(46)50-35-12-5-2-6-13-35/h14-21,29,34-35H,1-13,22-28H2,(H2,40,42,45)(H2,41,43,46). The van der Waals surface area contributed by atoms with Gasteiger partial charge in [0.15, 0.2) is 0 Å². The van der Waals surface area contributed by atoms with E-state index in [-0.39, 0.29) is 23.9 Å². The maximum atomic E-state index is 12.1. The Kier molecular flexibility index (Phi) is 14.8. The second-order valence-corrected chi connectivity index (χ2v) is 13.8. The van der Waals surface area contributed by atoms with Crippen molar-refractivity contribution in [2.45, 2.75) is 109 Å². The van der Waals surface area contributed by atoms with Crippen LogP contribution in [0.15, 0.2) is 58.5 Å². The van der Waals surface area contributed by atoms with E-state index >= 15 is 0 Å². The van der Waals surface area contributed by atoms with E-state index in [1.54, 1.807) is 0 Å². The van der Waals surface area contributed by atoms with Gasteiger partial charge in [0, 0.05) is 17.7 Å². The highest BCUT2D eigenvalue weighted by molar-refractivity contribution is 6.03. The molecule has 0 bridgehead atoms. The molecule has 5 rings (SSSR count). The number of hydrogen-bond acceptors (Lipinski definition) is 7. The summed E-state index contributed by atoms with van der Waals surface area (Å²) >= 11 is 0. The number of carbonyl (C=O) groups is 2. The molecule has 2 aliphatic carbocycles. The van der Waals surface area contributed by atoms with E-state index in [1.165, 1.54) is 25.7 Å². The minimum atomic E-state index is -0.615. The summed E-state index contributed by atoms with van der Waals surface area (Å²) in [6, 6.07) is 14.7. The van der Waals surface area contributed by atoms with Crippen LogP contribution in [0.4, 0.5) is 9.59 Å². The third-order valence-electron chi connectivity index (χ3n) is 9.98. The van der Waals surface area contributed by atoms with Crippen LogP contribution in [0.5, 0.6) is 11.5 Å². The molecule has 1 aliphatic heterocycles. The molecule has 2 aromatic rings. The first-order valence-electron chi connectivity index (χ1n) is 18.7. The molecule has 0 atom stereocenters. The third kappa shape index (κ3) is 12.6. The lowest BCUT2D eigenvalue weighted by Gasteiger charge is -2.32. The summed E-state index contributed by atoms with van der Waals surface area (Å²) in [5.41, 5.74) is 13.4. The molecule has 3 aliphatic rings. The van der Waals surface area contributed by atoms with Crippen LogP contribution >= 0.6 is 0 Å². The molecule has 50 heavy (non-hydrogen) atoms. The van der Waals surface area contributed by atoms with E-state index in [0.29, 0.717) is 24.3 Å². The second kappa shape index (κ2) is 19.9. The van der Waals surface area contributed by atoms with Gasteiger partial charge in [0.1, 0.15) is 35.4 Å². The van der Waals surface area contributed by atoms with Crippen LogP contribution in [0.2, 0.25) is 0 Å². The zero-order valence-electron chi connectivity index (χ0n) is 29.4. The Morgan fingerprint density at radius 1 is 0.620 bits per heavy atom. The summed E-state index contributed by atoms with van der Waals surface area (Å²) in [7, 11) is 0. The molecule has 0 unspecified atom stereocenters. The van der Waals surface area contributed by atoms with Crippen molar-refractivity contribution in [3.8, 4) is 11.5 Å². The Labute approximate surface area is 296 Å². The van der Waals surface area contributed by atoms with Crippen LogP contribution in [0, 0.1) is 5.92 Å². The molecule has 4 N–H and O–H groups in total. The summed E-state index contributed by atoms with van der Waals surface area (Å²) in [6.07, 6.45) is 14.6. The lowest BCUT2D eigenvalue weighted by atomic mass is 9.92.